The van der Waals surface area contributed by atoms with E-state index in [1.165, 1.54) is 24.5 Å². The molecule has 1 aliphatic carbocycles. The first-order valence-corrected chi connectivity index (χ1v) is 7.24. The fourth-order valence-corrected chi connectivity index (χ4v) is 2.81. The molecule has 2 aromatic rings. The van der Waals surface area contributed by atoms with Crippen molar-refractivity contribution in [3.8, 4) is 0 Å². The average molecular weight is 291 g/mol. The fourth-order valence-electron chi connectivity index (χ4n) is 2.60. The summed E-state index contributed by atoms with van der Waals surface area (Å²) in [5.41, 5.74) is 2.80. The van der Waals surface area contributed by atoms with Crippen LogP contribution in [0.5, 0.6) is 0 Å². The zero-order valence-corrected chi connectivity index (χ0v) is 11.8. The van der Waals surface area contributed by atoms with Crippen molar-refractivity contribution < 1.29 is 9.50 Å². The Kier molecular flexibility index (Phi) is 3.77. The lowest BCUT2D eigenvalue weighted by atomic mass is 9.95. The quantitative estimate of drug-likeness (QED) is 0.870. The maximum atomic E-state index is 13.4. The third-order valence-electron chi connectivity index (χ3n) is 3.82. The van der Waals surface area contributed by atoms with Gasteiger partial charge in [-0.25, -0.2) is 4.39 Å². The molecule has 0 bridgehead atoms. The van der Waals surface area contributed by atoms with Gasteiger partial charge in [0, 0.05) is 6.42 Å². The van der Waals surface area contributed by atoms with Gasteiger partial charge < -0.3 is 5.11 Å². The molecule has 104 valence electrons. The van der Waals surface area contributed by atoms with Crippen molar-refractivity contribution in [3.63, 3.8) is 0 Å². The van der Waals surface area contributed by atoms with E-state index in [1.54, 1.807) is 12.1 Å². The van der Waals surface area contributed by atoms with E-state index in [1.807, 2.05) is 18.2 Å². The van der Waals surface area contributed by atoms with Crippen LogP contribution in [0.3, 0.4) is 0 Å². The van der Waals surface area contributed by atoms with Gasteiger partial charge in [-0.2, -0.15) is 0 Å². The van der Waals surface area contributed by atoms with E-state index in [0.29, 0.717) is 17.9 Å². The molecular formula is C17H16ClFO. The lowest BCUT2D eigenvalue weighted by Crippen LogP contribution is -2.05. The Bertz CT molecular complexity index is 622. The Morgan fingerprint density at radius 1 is 1.15 bits per heavy atom. The number of hydrogen-bond donors (Lipinski definition) is 1. The van der Waals surface area contributed by atoms with E-state index in [9.17, 15) is 9.50 Å². The van der Waals surface area contributed by atoms with Gasteiger partial charge in [-0.15, -0.1) is 0 Å². The molecule has 1 N–H and O–H groups in total. The van der Waals surface area contributed by atoms with Crippen molar-refractivity contribution in [1.29, 1.82) is 0 Å². The van der Waals surface area contributed by atoms with Crippen molar-refractivity contribution in [2.24, 2.45) is 0 Å². The third kappa shape index (κ3) is 2.72. The molecule has 0 saturated heterocycles. The van der Waals surface area contributed by atoms with Crippen LogP contribution in [0.25, 0.3) is 0 Å². The van der Waals surface area contributed by atoms with Crippen LogP contribution in [0.4, 0.5) is 4.39 Å². The largest absolute Gasteiger partial charge is 0.388 e. The van der Waals surface area contributed by atoms with Gasteiger partial charge in [-0.05, 0) is 41.5 Å². The summed E-state index contributed by atoms with van der Waals surface area (Å²) in [5.74, 6) is 0.135. The summed E-state index contributed by atoms with van der Waals surface area (Å²) in [6, 6.07) is 12.7. The summed E-state index contributed by atoms with van der Waals surface area (Å²) in [4.78, 5) is 0. The van der Waals surface area contributed by atoms with E-state index >= 15 is 0 Å². The van der Waals surface area contributed by atoms with Crippen molar-refractivity contribution in [1.82, 2.24) is 0 Å². The van der Waals surface area contributed by atoms with E-state index < -0.39 is 11.9 Å². The maximum Gasteiger partial charge on any atom is 0.142 e. The predicted molar refractivity (Wildman–Crippen MR) is 78.5 cm³/mol. The normalized spacial score (nSPS) is 16.1. The first-order valence-electron chi connectivity index (χ1n) is 6.86. The Labute approximate surface area is 123 Å². The molecule has 1 saturated carbocycles. The number of halogens is 2. The predicted octanol–water partition coefficient (Wildman–Crippen LogP) is 4.63. The van der Waals surface area contributed by atoms with Gasteiger partial charge in [0.25, 0.3) is 0 Å². The minimum absolute atomic E-state index is 0.107. The highest BCUT2D eigenvalue weighted by molar-refractivity contribution is 6.31. The standard InChI is InChI=1S/C17H16ClFO/c18-17-12(4-3-7-15(17)19)10-16(20)14-6-2-1-5-13(14)11-8-9-11/h1-7,11,16,20H,8-10H2. The molecule has 0 spiro atoms. The lowest BCUT2D eigenvalue weighted by molar-refractivity contribution is 0.177. The highest BCUT2D eigenvalue weighted by Gasteiger charge is 2.27. The van der Waals surface area contributed by atoms with Gasteiger partial charge in [0.1, 0.15) is 5.82 Å². The molecule has 0 aliphatic heterocycles. The Morgan fingerprint density at radius 3 is 2.65 bits per heavy atom. The van der Waals surface area contributed by atoms with Gasteiger partial charge in [-0.3, -0.25) is 0 Å². The SMILES string of the molecule is OC(Cc1cccc(F)c1Cl)c1ccccc1C1CC1. The van der Waals surface area contributed by atoms with Gasteiger partial charge in [0.15, 0.2) is 0 Å². The van der Waals surface area contributed by atoms with Crippen LogP contribution < -0.4 is 0 Å². The zero-order chi connectivity index (χ0) is 14.1. The molecule has 1 unspecified atom stereocenters. The molecule has 0 aromatic heterocycles. The minimum Gasteiger partial charge on any atom is -0.388 e. The van der Waals surface area contributed by atoms with Crippen LogP contribution in [0.1, 0.15) is 41.6 Å². The Morgan fingerprint density at radius 2 is 1.90 bits per heavy atom. The van der Waals surface area contributed by atoms with Gasteiger partial charge >= 0.3 is 0 Å². The second-order valence-electron chi connectivity index (χ2n) is 5.34. The summed E-state index contributed by atoms with van der Waals surface area (Å²) in [6.45, 7) is 0. The fraction of sp³-hybridized carbons (Fsp3) is 0.294. The summed E-state index contributed by atoms with van der Waals surface area (Å²) in [5, 5.41) is 10.6. The average Bonchev–Trinajstić information content (AvgIpc) is 3.28. The van der Waals surface area contributed by atoms with Gasteiger partial charge in [0.2, 0.25) is 0 Å². The van der Waals surface area contributed by atoms with Crippen LogP contribution in [-0.4, -0.2) is 5.11 Å². The topological polar surface area (TPSA) is 20.2 Å². The second kappa shape index (κ2) is 5.55. The number of aliphatic hydroxyl groups is 1. The number of hydrogen-bond acceptors (Lipinski definition) is 1. The highest BCUT2D eigenvalue weighted by Crippen LogP contribution is 2.43. The van der Waals surface area contributed by atoms with Crippen molar-refractivity contribution in [3.05, 3.63) is 70.0 Å². The summed E-state index contributed by atoms with van der Waals surface area (Å²) < 4.78 is 13.4. The van der Waals surface area contributed by atoms with E-state index in [-0.39, 0.29) is 5.02 Å². The van der Waals surface area contributed by atoms with E-state index in [4.69, 9.17) is 11.6 Å². The van der Waals surface area contributed by atoms with E-state index in [0.717, 1.165) is 5.56 Å². The smallest absolute Gasteiger partial charge is 0.142 e. The van der Waals surface area contributed by atoms with Crippen LogP contribution >= 0.6 is 11.6 Å². The molecule has 20 heavy (non-hydrogen) atoms. The molecule has 2 aromatic carbocycles. The first kappa shape index (κ1) is 13.6. The Hall–Kier alpha value is -1.38. The van der Waals surface area contributed by atoms with Gasteiger partial charge in [0.05, 0.1) is 11.1 Å². The van der Waals surface area contributed by atoms with Gasteiger partial charge in [-0.1, -0.05) is 48.0 Å². The molecule has 0 heterocycles. The molecule has 1 nitrogen and oxygen atoms in total. The molecule has 1 fully saturated rings. The van der Waals surface area contributed by atoms with Crippen LogP contribution in [0.2, 0.25) is 5.02 Å². The Balaban J connectivity index is 1.86. The summed E-state index contributed by atoms with van der Waals surface area (Å²) >= 11 is 5.95. The highest BCUT2D eigenvalue weighted by atomic mass is 35.5. The minimum atomic E-state index is -0.647. The lowest BCUT2D eigenvalue weighted by Gasteiger charge is -2.16. The van der Waals surface area contributed by atoms with Crippen LogP contribution in [-0.2, 0) is 6.42 Å². The van der Waals surface area contributed by atoms with Crippen molar-refractivity contribution in [2.75, 3.05) is 0 Å². The molecule has 3 rings (SSSR count). The molecule has 0 radical (unpaired) electrons. The van der Waals surface area contributed by atoms with E-state index in [2.05, 4.69) is 6.07 Å². The molecule has 1 aliphatic rings. The monoisotopic (exact) mass is 290 g/mol. The van der Waals surface area contributed by atoms with Crippen LogP contribution in [0, 0.1) is 5.82 Å². The number of rotatable bonds is 4. The van der Waals surface area contributed by atoms with Crippen molar-refractivity contribution in [2.45, 2.75) is 31.3 Å². The van der Waals surface area contributed by atoms with Crippen molar-refractivity contribution >= 4 is 11.6 Å². The third-order valence-corrected chi connectivity index (χ3v) is 4.24. The zero-order valence-electron chi connectivity index (χ0n) is 11.0. The maximum absolute atomic E-state index is 13.4. The van der Waals surface area contributed by atoms with Crippen LogP contribution in [0.15, 0.2) is 42.5 Å². The molecule has 1 atom stereocenters. The first-order chi connectivity index (χ1) is 9.66. The summed E-state index contributed by atoms with van der Waals surface area (Å²) in [7, 11) is 0. The number of aliphatic hydroxyl groups excluding tert-OH is 1. The second-order valence-corrected chi connectivity index (χ2v) is 5.71. The summed E-state index contributed by atoms with van der Waals surface area (Å²) in [6.07, 6.45) is 2.06. The molecule has 3 heteroatoms. The number of benzene rings is 2. The molecular weight excluding hydrogens is 275 g/mol. The molecule has 0 amide bonds.